The molecule has 0 aliphatic carbocycles. The lowest BCUT2D eigenvalue weighted by Gasteiger charge is -2.28. The fourth-order valence-corrected chi connectivity index (χ4v) is 3.82. The zero-order chi connectivity index (χ0) is 20.9. The van der Waals surface area contributed by atoms with Crippen LogP contribution in [0.25, 0.3) is 21.9 Å². The zero-order valence-electron chi connectivity index (χ0n) is 16.8. The summed E-state index contributed by atoms with van der Waals surface area (Å²) in [5.74, 6) is 0.192. The molecule has 0 spiro atoms. The first kappa shape index (κ1) is 20.3. The van der Waals surface area contributed by atoms with Crippen molar-refractivity contribution in [3.05, 3.63) is 66.2 Å². The Kier molecular flexibility index (Phi) is 6.28. The van der Waals surface area contributed by atoms with Crippen molar-refractivity contribution in [3.8, 4) is 16.9 Å². The van der Waals surface area contributed by atoms with Crippen molar-refractivity contribution < 1.29 is 19.4 Å². The van der Waals surface area contributed by atoms with Crippen LogP contribution in [0.2, 0.25) is 0 Å². The van der Waals surface area contributed by atoms with E-state index in [9.17, 15) is 9.90 Å². The van der Waals surface area contributed by atoms with E-state index in [0.29, 0.717) is 31.1 Å². The molecule has 30 heavy (non-hydrogen) atoms. The molecule has 0 bridgehead atoms. The van der Waals surface area contributed by atoms with Crippen LogP contribution >= 0.6 is 0 Å². The highest BCUT2D eigenvalue weighted by atomic mass is 16.5. The molecular formula is C24H26N2O4. The molecule has 1 aliphatic heterocycles. The van der Waals surface area contributed by atoms with Crippen molar-refractivity contribution >= 4 is 16.7 Å². The number of hydrogen-bond donors (Lipinski definition) is 2. The maximum absolute atomic E-state index is 11.7. The second-order valence-electron chi connectivity index (χ2n) is 7.48. The molecule has 4 rings (SSSR count). The molecule has 6 nitrogen and oxygen atoms in total. The highest BCUT2D eigenvalue weighted by Gasteiger charge is 2.17. The molecule has 6 heteroatoms. The van der Waals surface area contributed by atoms with E-state index < -0.39 is 12.0 Å². The topological polar surface area (TPSA) is 85.0 Å². The van der Waals surface area contributed by atoms with E-state index in [1.54, 1.807) is 12.1 Å². The Labute approximate surface area is 175 Å². The van der Waals surface area contributed by atoms with Gasteiger partial charge in [-0.2, -0.15) is 0 Å². The average Bonchev–Trinajstić information content (AvgIpc) is 2.78. The number of aliphatic hydroxyl groups is 1. The number of morpholine rings is 1. The normalized spacial score (nSPS) is 15.8. The van der Waals surface area contributed by atoms with Gasteiger partial charge in [0, 0.05) is 30.8 Å². The summed E-state index contributed by atoms with van der Waals surface area (Å²) in [5, 5.41) is 12.6. The van der Waals surface area contributed by atoms with Gasteiger partial charge in [0.05, 0.1) is 13.2 Å². The highest BCUT2D eigenvalue weighted by Crippen LogP contribution is 2.37. The van der Waals surface area contributed by atoms with Gasteiger partial charge in [0.15, 0.2) is 0 Å². The number of rotatable bonds is 7. The summed E-state index contributed by atoms with van der Waals surface area (Å²) in [6, 6.07) is 19.2. The molecule has 3 aromatic carbocycles. The van der Waals surface area contributed by atoms with E-state index in [1.165, 1.54) is 0 Å². The van der Waals surface area contributed by atoms with Crippen LogP contribution in [-0.2, 0) is 4.74 Å². The lowest BCUT2D eigenvalue weighted by atomic mass is 9.96. The molecule has 1 saturated heterocycles. The van der Waals surface area contributed by atoms with Gasteiger partial charge in [-0.1, -0.05) is 42.5 Å². The zero-order valence-corrected chi connectivity index (χ0v) is 16.8. The van der Waals surface area contributed by atoms with Gasteiger partial charge in [0.25, 0.3) is 0 Å². The molecule has 1 aliphatic rings. The van der Waals surface area contributed by atoms with E-state index in [-0.39, 0.29) is 6.61 Å². The third kappa shape index (κ3) is 4.62. The second kappa shape index (κ2) is 9.26. The molecule has 3 N–H and O–H groups in total. The number of carbonyl (C=O) groups excluding carboxylic acids is 1. The van der Waals surface area contributed by atoms with E-state index >= 15 is 0 Å². The van der Waals surface area contributed by atoms with Crippen LogP contribution in [0.5, 0.6) is 5.75 Å². The van der Waals surface area contributed by atoms with E-state index in [4.69, 9.17) is 15.2 Å². The number of nitrogens with zero attached hydrogens (tertiary/aromatic N) is 1. The van der Waals surface area contributed by atoms with Crippen LogP contribution in [0.3, 0.4) is 0 Å². The Morgan fingerprint density at radius 1 is 1.10 bits per heavy atom. The monoisotopic (exact) mass is 406 g/mol. The molecule has 1 atom stereocenters. The van der Waals surface area contributed by atoms with Crippen molar-refractivity contribution in [2.45, 2.75) is 6.10 Å². The number of ether oxygens (including phenoxy) is 2. The second-order valence-corrected chi connectivity index (χ2v) is 7.48. The van der Waals surface area contributed by atoms with Crippen LogP contribution in [0.4, 0.5) is 0 Å². The number of fused-ring (bicyclic) bond motifs is 1. The van der Waals surface area contributed by atoms with Gasteiger partial charge in [0.1, 0.15) is 18.5 Å². The lowest BCUT2D eigenvalue weighted by molar-refractivity contribution is 0.00472. The van der Waals surface area contributed by atoms with Crippen LogP contribution in [0.1, 0.15) is 10.4 Å². The quantitative estimate of drug-likeness (QED) is 0.630. The third-order valence-electron chi connectivity index (χ3n) is 5.33. The maximum Gasteiger partial charge on any atom is 0.248 e. The maximum atomic E-state index is 11.7. The smallest absolute Gasteiger partial charge is 0.248 e. The van der Waals surface area contributed by atoms with Gasteiger partial charge in [-0.25, -0.2) is 0 Å². The van der Waals surface area contributed by atoms with E-state index in [0.717, 1.165) is 35.0 Å². The number of primary amides is 1. The molecule has 0 aromatic heterocycles. The molecule has 0 saturated carbocycles. The largest absolute Gasteiger partial charge is 0.490 e. The van der Waals surface area contributed by atoms with Gasteiger partial charge in [0.2, 0.25) is 5.91 Å². The van der Waals surface area contributed by atoms with Crippen LogP contribution < -0.4 is 10.5 Å². The van der Waals surface area contributed by atoms with Crippen molar-refractivity contribution in [1.29, 1.82) is 0 Å². The number of amides is 1. The van der Waals surface area contributed by atoms with Crippen LogP contribution in [0, 0.1) is 0 Å². The molecule has 1 amide bonds. The minimum absolute atomic E-state index is 0.179. The Bertz CT molecular complexity index is 1030. The number of hydrogen-bond acceptors (Lipinski definition) is 5. The minimum atomic E-state index is -0.612. The van der Waals surface area contributed by atoms with Crippen molar-refractivity contribution in [1.82, 2.24) is 4.90 Å². The number of aliphatic hydroxyl groups excluding tert-OH is 1. The summed E-state index contributed by atoms with van der Waals surface area (Å²) in [6.07, 6.45) is -0.612. The summed E-state index contributed by atoms with van der Waals surface area (Å²) < 4.78 is 11.4. The van der Waals surface area contributed by atoms with Crippen molar-refractivity contribution in [3.63, 3.8) is 0 Å². The molecule has 1 heterocycles. The molecule has 1 unspecified atom stereocenters. The first-order valence-electron chi connectivity index (χ1n) is 10.1. The summed E-state index contributed by atoms with van der Waals surface area (Å²) in [4.78, 5) is 13.9. The molecule has 3 aromatic rings. The molecule has 156 valence electrons. The lowest BCUT2D eigenvalue weighted by Crippen LogP contribution is -2.42. The Hall–Kier alpha value is -2.93. The van der Waals surface area contributed by atoms with Gasteiger partial charge in [-0.3, -0.25) is 9.69 Å². The van der Waals surface area contributed by atoms with Gasteiger partial charge >= 0.3 is 0 Å². The fraction of sp³-hybridized carbons (Fsp3) is 0.292. The molecule has 0 radical (unpaired) electrons. The van der Waals surface area contributed by atoms with Crippen molar-refractivity contribution in [2.24, 2.45) is 5.73 Å². The predicted molar refractivity (Wildman–Crippen MR) is 117 cm³/mol. The first-order chi connectivity index (χ1) is 14.6. The van der Waals surface area contributed by atoms with Crippen molar-refractivity contribution in [2.75, 3.05) is 39.5 Å². The number of benzene rings is 3. The number of nitrogens with two attached hydrogens (primary N) is 1. The first-order valence-corrected chi connectivity index (χ1v) is 10.1. The molecule has 1 fully saturated rings. The highest BCUT2D eigenvalue weighted by molar-refractivity contribution is 6.01. The summed E-state index contributed by atoms with van der Waals surface area (Å²) in [5.41, 5.74) is 7.66. The Morgan fingerprint density at radius 3 is 2.70 bits per heavy atom. The molecular weight excluding hydrogens is 380 g/mol. The summed E-state index contributed by atoms with van der Waals surface area (Å²) in [6.45, 7) is 3.75. The SMILES string of the molecule is NC(=O)c1cccc(-c2c(OCC(O)CN3CCOCC3)ccc3ccccc23)c1. The van der Waals surface area contributed by atoms with Gasteiger partial charge < -0.3 is 20.3 Å². The fourth-order valence-electron chi connectivity index (χ4n) is 3.82. The number of carbonyl (C=O) groups is 1. The Balaban J connectivity index is 1.62. The van der Waals surface area contributed by atoms with Gasteiger partial charge in [-0.15, -0.1) is 0 Å². The van der Waals surface area contributed by atoms with Crippen LogP contribution in [-0.4, -0.2) is 61.5 Å². The van der Waals surface area contributed by atoms with Gasteiger partial charge in [-0.05, 0) is 34.5 Å². The third-order valence-corrected chi connectivity index (χ3v) is 5.33. The standard InChI is InChI=1S/C24H26N2O4/c25-24(28)19-6-3-5-18(14-19)23-21-7-2-1-4-17(21)8-9-22(23)30-16-20(27)15-26-10-12-29-13-11-26/h1-9,14,20,27H,10-13,15-16H2,(H2,25,28). The summed E-state index contributed by atoms with van der Waals surface area (Å²) in [7, 11) is 0. The predicted octanol–water partition coefficient (Wildman–Crippen LogP) is 2.68. The van der Waals surface area contributed by atoms with E-state index in [1.807, 2.05) is 48.5 Å². The Morgan fingerprint density at radius 2 is 1.90 bits per heavy atom. The minimum Gasteiger partial charge on any atom is -0.490 e. The summed E-state index contributed by atoms with van der Waals surface area (Å²) >= 11 is 0. The van der Waals surface area contributed by atoms with E-state index in [2.05, 4.69) is 4.90 Å². The average molecular weight is 406 g/mol. The van der Waals surface area contributed by atoms with Crippen LogP contribution in [0.15, 0.2) is 60.7 Å². The number of β-amino-alcohol motifs (C(OH)–C–C–N with tert-alkyl or cyclic N) is 1.